The van der Waals surface area contributed by atoms with Crippen LogP contribution in [-0.2, 0) is 4.79 Å². The second-order valence-corrected chi connectivity index (χ2v) is 5.08. The van der Waals surface area contributed by atoms with Crippen LogP contribution in [0.15, 0.2) is 18.2 Å². The van der Waals surface area contributed by atoms with Crippen molar-refractivity contribution in [2.24, 2.45) is 0 Å². The van der Waals surface area contributed by atoms with Crippen molar-refractivity contribution >= 4 is 17.3 Å². The number of carbonyl (C=O) groups excluding carboxylic acids is 1. The lowest BCUT2D eigenvalue weighted by Crippen LogP contribution is -2.02. The molecule has 1 aromatic carbocycles. The molecule has 2 rings (SSSR count). The molecule has 0 fully saturated rings. The van der Waals surface area contributed by atoms with Crippen LogP contribution in [0.5, 0.6) is 5.88 Å². The third kappa shape index (κ3) is 2.41. The molecule has 2 aromatic rings. The van der Waals surface area contributed by atoms with Gasteiger partial charge in [0.15, 0.2) is 0 Å². The summed E-state index contributed by atoms with van der Waals surface area (Å²) in [4.78, 5) is 15.9. The van der Waals surface area contributed by atoms with E-state index in [1.807, 2.05) is 6.92 Å². The molecule has 1 heterocycles. The molecule has 0 aliphatic carbocycles. The van der Waals surface area contributed by atoms with E-state index in [9.17, 15) is 9.18 Å². The van der Waals surface area contributed by atoms with Crippen molar-refractivity contribution in [3.63, 3.8) is 0 Å². The Morgan fingerprint density at radius 2 is 2.11 bits per heavy atom. The van der Waals surface area contributed by atoms with Gasteiger partial charge in [-0.15, -0.1) is 11.3 Å². The summed E-state index contributed by atoms with van der Waals surface area (Å²) in [5.41, 5.74) is 1.23. The Kier molecular flexibility index (Phi) is 3.43. The normalized spacial score (nSPS) is 10.4. The fourth-order valence-corrected chi connectivity index (χ4v) is 2.57. The molecule has 0 unspecified atom stereocenters. The number of ether oxygens (including phenoxy) is 1. The molecule has 0 saturated carbocycles. The van der Waals surface area contributed by atoms with E-state index in [1.165, 1.54) is 24.3 Å². The van der Waals surface area contributed by atoms with E-state index < -0.39 is 5.97 Å². The van der Waals surface area contributed by atoms with Gasteiger partial charge in [0, 0.05) is 12.5 Å². The monoisotopic (exact) mass is 265 g/mol. The van der Waals surface area contributed by atoms with Gasteiger partial charge < -0.3 is 4.74 Å². The summed E-state index contributed by atoms with van der Waals surface area (Å²) in [7, 11) is 0. The standard InChI is InChI=1S/C13H12FNO2S/c1-7-10(5-4-6-11(7)14)12-13(17-9(3)16)15-8(2)18-12/h4-6H,1-3H3. The maximum atomic E-state index is 13.5. The minimum atomic E-state index is -0.435. The molecule has 5 heteroatoms. The summed E-state index contributed by atoms with van der Waals surface area (Å²) < 4.78 is 18.6. The third-order valence-corrected chi connectivity index (χ3v) is 3.44. The van der Waals surface area contributed by atoms with Gasteiger partial charge in [0.1, 0.15) is 5.82 Å². The van der Waals surface area contributed by atoms with Crippen molar-refractivity contribution in [2.45, 2.75) is 20.8 Å². The van der Waals surface area contributed by atoms with Crippen molar-refractivity contribution in [3.8, 4) is 16.3 Å². The number of rotatable bonds is 2. The Bertz CT molecular complexity index is 607. The summed E-state index contributed by atoms with van der Waals surface area (Å²) in [5, 5.41) is 0.768. The number of thiazole rings is 1. The molecule has 0 N–H and O–H groups in total. The van der Waals surface area contributed by atoms with Crippen LogP contribution in [0.25, 0.3) is 10.4 Å². The van der Waals surface area contributed by atoms with Gasteiger partial charge in [0.05, 0.1) is 9.88 Å². The number of halogens is 1. The fraction of sp³-hybridized carbons (Fsp3) is 0.231. The molecule has 0 aliphatic rings. The minimum Gasteiger partial charge on any atom is -0.406 e. The van der Waals surface area contributed by atoms with Crippen LogP contribution in [0.1, 0.15) is 17.5 Å². The smallest absolute Gasteiger partial charge is 0.309 e. The van der Waals surface area contributed by atoms with Crippen LogP contribution in [0, 0.1) is 19.7 Å². The highest BCUT2D eigenvalue weighted by Crippen LogP contribution is 2.37. The molecule has 94 valence electrons. The van der Waals surface area contributed by atoms with Crippen molar-refractivity contribution in [3.05, 3.63) is 34.6 Å². The van der Waals surface area contributed by atoms with Crippen LogP contribution in [0.3, 0.4) is 0 Å². The van der Waals surface area contributed by atoms with Crippen LogP contribution in [0.4, 0.5) is 4.39 Å². The van der Waals surface area contributed by atoms with E-state index >= 15 is 0 Å². The Morgan fingerprint density at radius 1 is 1.39 bits per heavy atom. The summed E-state index contributed by atoms with van der Waals surface area (Å²) >= 11 is 1.38. The first-order chi connectivity index (χ1) is 8.49. The number of carbonyl (C=O) groups is 1. The highest BCUT2D eigenvalue weighted by atomic mass is 32.1. The van der Waals surface area contributed by atoms with E-state index in [0.29, 0.717) is 16.0 Å². The number of esters is 1. The van der Waals surface area contributed by atoms with Crippen LogP contribution < -0.4 is 4.74 Å². The Balaban J connectivity index is 2.56. The lowest BCUT2D eigenvalue weighted by atomic mass is 10.1. The highest BCUT2D eigenvalue weighted by molar-refractivity contribution is 7.15. The molecular weight excluding hydrogens is 253 g/mol. The molecule has 0 bridgehead atoms. The maximum Gasteiger partial charge on any atom is 0.309 e. The molecule has 0 spiro atoms. The minimum absolute atomic E-state index is 0.249. The molecule has 0 aliphatic heterocycles. The predicted octanol–water partition coefficient (Wildman–Crippen LogP) is 3.49. The predicted molar refractivity (Wildman–Crippen MR) is 68.3 cm³/mol. The summed E-state index contributed by atoms with van der Waals surface area (Å²) in [6.45, 7) is 4.82. The molecule has 3 nitrogen and oxygen atoms in total. The quantitative estimate of drug-likeness (QED) is 0.780. The fourth-order valence-electron chi connectivity index (χ4n) is 1.64. The molecular formula is C13H12FNO2S. The van der Waals surface area contributed by atoms with Gasteiger partial charge in [0.2, 0.25) is 5.88 Å². The van der Waals surface area contributed by atoms with E-state index in [2.05, 4.69) is 4.98 Å². The lowest BCUT2D eigenvalue weighted by Gasteiger charge is -2.06. The number of hydrogen-bond donors (Lipinski definition) is 0. The average molecular weight is 265 g/mol. The van der Waals surface area contributed by atoms with E-state index in [4.69, 9.17) is 4.74 Å². The lowest BCUT2D eigenvalue weighted by molar-refractivity contribution is -0.132. The molecule has 18 heavy (non-hydrogen) atoms. The number of benzene rings is 1. The summed E-state index contributed by atoms with van der Waals surface area (Å²) in [6.07, 6.45) is 0. The summed E-state index contributed by atoms with van der Waals surface area (Å²) in [5.74, 6) is -0.471. The topological polar surface area (TPSA) is 39.2 Å². The second kappa shape index (κ2) is 4.86. The second-order valence-electron chi connectivity index (χ2n) is 3.87. The SMILES string of the molecule is CC(=O)Oc1nc(C)sc1-c1cccc(F)c1C. The first-order valence-corrected chi connectivity index (χ1v) is 6.22. The first kappa shape index (κ1) is 12.7. The Morgan fingerprint density at radius 3 is 2.78 bits per heavy atom. The van der Waals surface area contributed by atoms with Crippen molar-refractivity contribution in [2.75, 3.05) is 0 Å². The van der Waals surface area contributed by atoms with Gasteiger partial charge in [-0.3, -0.25) is 4.79 Å². The van der Waals surface area contributed by atoms with E-state index in [-0.39, 0.29) is 11.7 Å². The van der Waals surface area contributed by atoms with Crippen molar-refractivity contribution < 1.29 is 13.9 Å². The van der Waals surface area contributed by atoms with Gasteiger partial charge in [-0.25, -0.2) is 9.37 Å². The average Bonchev–Trinajstić information content (AvgIpc) is 2.62. The van der Waals surface area contributed by atoms with E-state index in [0.717, 1.165) is 5.01 Å². The number of aryl methyl sites for hydroxylation is 1. The number of nitrogens with zero attached hydrogens (tertiary/aromatic N) is 1. The van der Waals surface area contributed by atoms with E-state index in [1.54, 1.807) is 19.1 Å². The molecule has 0 atom stereocenters. The molecule has 0 amide bonds. The zero-order valence-corrected chi connectivity index (χ0v) is 11.1. The number of aromatic nitrogens is 1. The van der Waals surface area contributed by atoms with Gasteiger partial charge in [0.25, 0.3) is 0 Å². The van der Waals surface area contributed by atoms with Gasteiger partial charge in [-0.1, -0.05) is 12.1 Å². The summed E-state index contributed by atoms with van der Waals surface area (Å²) in [6, 6.07) is 4.82. The Hall–Kier alpha value is -1.75. The molecule has 1 aromatic heterocycles. The third-order valence-electron chi connectivity index (χ3n) is 2.46. The van der Waals surface area contributed by atoms with Crippen LogP contribution in [0.2, 0.25) is 0 Å². The largest absolute Gasteiger partial charge is 0.406 e. The first-order valence-electron chi connectivity index (χ1n) is 5.40. The van der Waals surface area contributed by atoms with Crippen LogP contribution in [-0.4, -0.2) is 11.0 Å². The van der Waals surface area contributed by atoms with Crippen molar-refractivity contribution in [1.29, 1.82) is 0 Å². The van der Waals surface area contributed by atoms with Crippen LogP contribution >= 0.6 is 11.3 Å². The molecule has 0 radical (unpaired) electrons. The van der Waals surface area contributed by atoms with Crippen molar-refractivity contribution in [1.82, 2.24) is 4.98 Å². The van der Waals surface area contributed by atoms with Gasteiger partial charge >= 0.3 is 5.97 Å². The highest BCUT2D eigenvalue weighted by Gasteiger charge is 2.17. The zero-order chi connectivity index (χ0) is 13.3. The van der Waals surface area contributed by atoms with Gasteiger partial charge in [-0.05, 0) is 25.5 Å². The molecule has 0 saturated heterocycles. The Labute approximate surface area is 108 Å². The van der Waals surface area contributed by atoms with Gasteiger partial charge in [-0.2, -0.15) is 0 Å². The zero-order valence-electron chi connectivity index (χ0n) is 10.3. The maximum absolute atomic E-state index is 13.5. The number of hydrogen-bond acceptors (Lipinski definition) is 4.